The van der Waals surface area contributed by atoms with Gasteiger partial charge in [0.2, 0.25) is 0 Å². The van der Waals surface area contributed by atoms with E-state index in [0.717, 1.165) is 37.4 Å². The van der Waals surface area contributed by atoms with Crippen molar-refractivity contribution in [3.05, 3.63) is 30.6 Å². The minimum atomic E-state index is 0. The Morgan fingerprint density at radius 3 is 2.86 bits per heavy atom. The molecule has 1 atom stereocenters. The number of guanidine groups is 1. The number of hydrogen-bond donors (Lipinski definition) is 2. The van der Waals surface area contributed by atoms with Crippen molar-refractivity contribution in [2.24, 2.45) is 4.99 Å². The number of para-hydroxylation sites is 2. The summed E-state index contributed by atoms with van der Waals surface area (Å²) < 4.78 is 2.20. The van der Waals surface area contributed by atoms with E-state index in [2.05, 4.69) is 51.2 Å². The Hall–Kier alpha value is -1.31. The molecule has 0 saturated heterocycles. The SMILES string of the molecule is CCC(C)NC(=NC)NCCCn1cnc2ccccc21.I. The summed E-state index contributed by atoms with van der Waals surface area (Å²) >= 11 is 0. The first-order chi connectivity index (χ1) is 10.2. The smallest absolute Gasteiger partial charge is 0.191 e. The van der Waals surface area contributed by atoms with Crippen molar-refractivity contribution in [3.8, 4) is 0 Å². The van der Waals surface area contributed by atoms with Crippen LogP contribution in [-0.2, 0) is 6.54 Å². The molecule has 0 aliphatic carbocycles. The molecular formula is C16H26IN5. The van der Waals surface area contributed by atoms with Gasteiger partial charge in [-0.1, -0.05) is 19.1 Å². The molecule has 2 N–H and O–H groups in total. The van der Waals surface area contributed by atoms with E-state index < -0.39 is 0 Å². The monoisotopic (exact) mass is 415 g/mol. The fourth-order valence-electron chi connectivity index (χ4n) is 2.17. The lowest BCUT2D eigenvalue weighted by molar-refractivity contribution is 0.605. The van der Waals surface area contributed by atoms with Crippen LogP contribution >= 0.6 is 24.0 Å². The molecule has 1 aromatic heterocycles. The molecule has 2 aromatic rings. The Labute approximate surface area is 149 Å². The standard InChI is InChI=1S/C16H25N5.HI/c1-4-13(2)20-16(17-3)18-10-7-11-21-12-19-14-8-5-6-9-15(14)21;/h5-6,8-9,12-13H,4,7,10-11H2,1-3H3,(H2,17,18,20);1H. The van der Waals surface area contributed by atoms with Gasteiger partial charge in [0.05, 0.1) is 17.4 Å². The third kappa shape index (κ3) is 5.15. The fourth-order valence-corrected chi connectivity index (χ4v) is 2.17. The lowest BCUT2D eigenvalue weighted by atomic mass is 10.3. The average molecular weight is 415 g/mol. The molecule has 6 heteroatoms. The number of imidazole rings is 1. The quantitative estimate of drug-likeness (QED) is 0.330. The second-order valence-electron chi connectivity index (χ2n) is 5.23. The van der Waals surface area contributed by atoms with Crippen LogP contribution in [0.5, 0.6) is 0 Å². The third-order valence-corrected chi connectivity index (χ3v) is 3.61. The highest BCUT2D eigenvalue weighted by atomic mass is 127. The number of rotatable bonds is 6. The summed E-state index contributed by atoms with van der Waals surface area (Å²) in [7, 11) is 1.81. The number of nitrogens with one attached hydrogen (secondary N) is 2. The largest absolute Gasteiger partial charge is 0.356 e. The maximum Gasteiger partial charge on any atom is 0.191 e. The van der Waals surface area contributed by atoms with Crippen molar-refractivity contribution in [1.29, 1.82) is 0 Å². The van der Waals surface area contributed by atoms with Gasteiger partial charge in [-0.25, -0.2) is 4.98 Å². The van der Waals surface area contributed by atoms with Crippen molar-refractivity contribution < 1.29 is 0 Å². The number of halogens is 1. The maximum absolute atomic E-state index is 4.41. The zero-order valence-corrected chi connectivity index (χ0v) is 15.9. The number of aryl methyl sites for hydroxylation is 1. The van der Waals surface area contributed by atoms with Gasteiger partial charge in [0.25, 0.3) is 0 Å². The van der Waals surface area contributed by atoms with Gasteiger partial charge in [0.1, 0.15) is 0 Å². The van der Waals surface area contributed by atoms with Crippen molar-refractivity contribution in [2.75, 3.05) is 13.6 Å². The lowest BCUT2D eigenvalue weighted by Gasteiger charge is -2.16. The Kier molecular flexibility index (Phi) is 8.22. The van der Waals surface area contributed by atoms with Gasteiger partial charge >= 0.3 is 0 Å². The first-order valence-corrected chi connectivity index (χ1v) is 7.61. The Morgan fingerprint density at radius 1 is 1.36 bits per heavy atom. The molecule has 0 amide bonds. The molecule has 0 aliphatic rings. The molecule has 0 aliphatic heterocycles. The van der Waals surface area contributed by atoms with Gasteiger partial charge in [-0.05, 0) is 31.9 Å². The van der Waals surface area contributed by atoms with E-state index in [1.165, 1.54) is 5.52 Å². The molecule has 0 bridgehead atoms. The minimum absolute atomic E-state index is 0. The van der Waals surface area contributed by atoms with Gasteiger partial charge < -0.3 is 15.2 Å². The first kappa shape index (κ1) is 18.7. The van der Waals surface area contributed by atoms with Crippen molar-refractivity contribution in [2.45, 2.75) is 39.3 Å². The van der Waals surface area contributed by atoms with Crippen LogP contribution in [-0.4, -0.2) is 35.1 Å². The van der Waals surface area contributed by atoms with Crippen LogP contribution < -0.4 is 10.6 Å². The molecule has 0 spiro atoms. The summed E-state index contributed by atoms with van der Waals surface area (Å²) in [6.45, 7) is 6.16. The molecule has 1 heterocycles. The molecule has 22 heavy (non-hydrogen) atoms. The normalized spacial score (nSPS) is 12.8. The lowest BCUT2D eigenvalue weighted by Crippen LogP contribution is -2.42. The molecular weight excluding hydrogens is 389 g/mol. The number of nitrogens with zero attached hydrogens (tertiary/aromatic N) is 3. The molecule has 0 saturated carbocycles. The predicted octanol–water partition coefficient (Wildman–Crippen LogP) is 3.01. The highest BCUT2D eigenvalue weighted by Gasteiger charge is 2.03. The zero-order chi connectivity index (χ0) is 15.1. The molecule has 1 unspecified atom stereocenters. The summed E-state index contributed by atoms with van der Waals surface area (Å²) in [5.74, 6) is 0.875. The summed E-state index contributed by atoms with van der Waals surface area (Å²) in [5, 5.41) is 6.71. The van der Waals surface area contributed by atoms with E-state index in [1.807, 2.05) is 18.5 Å². The van der Waals surface area contributed by atoms with Gasteiger partial charge in [0.15, 0.2) is 5.96 Å². The summed E-state index contributed by atoms with van der Waals surface area (Å²) in [6, 6.07) is 8.66. The van der Waals surface area contributed by atoms with E-state index >= 15 is 0 Å². The molecule has 5 nitrogen and oxygen atoms in total. The fraction of sp³-hybridized carbons (Fsp3) is 0.500. The second-order valence-corrected chi connectivity index (χ2v) is 5.23. The Balaban J connectivity index is 0.00000242. The maximum atomic E-state index is 4.41. The highest BCUT2D eigenvalue weighted by Crippen LogP contribution is 2.11. The van der Waals surface area contributed by atoms with Crippen molar-refractivity contribution in [3.63, 3.8) is 0 Å². The van der Waals surface area contributed by atoms with E-state index in [0.29, 0.717) is 6.04 Å². The van der Waals surface area contributed by atoms with Crippen molar-refractivity contribution >= 4 is 41.0 Å². The van der Waals surface area contributed by atoms with Crippen LogP contribution in [0.1, 0.15) is 26.7 Å². The molecule has 122 valence electrons. The van der Waals surface area contributed by atoms with Crippen LogP contribution in [0.3, 0.4) is 0 Å². The van der Waals surface area contributed by atoms with E-state index in [1.54, 1.807) is 7.05 Å². The topological polar surface area (TPSA) is 54.2 Å². The average Bonchev–Trinajstić information content (AvgIpc) is 2.93. The van der Waals surface area contributed by atoms with E-state index in [-0.39, 0.29) is 24.0 Å². The third-order valence-electron chi connectivity index (χ3n) is 3.61. The molecule has 1 aromatic carbocycles. The van der Waals surface area contributed by atoms with Crippen LogP contribution in [0.15, 0.2) is 35.6 Å². The Morgan fingerprint density at radius 2 is 2.14 bits per heavy atom. The van der Waals surface area contributed by atoms with E-state index in [4.69, 9.17) is 0 Å². The Bertz CT molecular complexity index is 593. The van der Waals surface area contributed by atoms with Crippen LogP contribution in [0.2, 0.25) is 0 Å². The number of aromatic nitrogens is 2. The van der Waals surface area contributed by atoms with Crippen LogP contribution in [0, 0.1) is 0 Å². The molecule has 0 fully saturated rings. The number of aliphatic imine (C=N–C) groups is 1. The first-order valence-electron chi connectivity index (χ1n) is 7.61. The predicted molar refractivity (Wildman–Crippen MR) is 104 cm³/mol. The highest BCUT2D eigenvalue weighted by molar-refractivity contribution is 14.0. The molecule has 2 rings (SSSR count). The summed E-state index contributed by atoms with van der Waals surface area (Å²) in [6.07, 6.45) is 4.03. The van der Waals surface area contributed by atoms with Crippen LogP contribution in [0.4, 0.5) is 0 Å². The molecule has 0 radical (unpaired) electrons. The second kappa shape index (κ2) is 9.66. The van der Waals surface area contributed by atoms with Gasteiger partial charge in [-0.15, -0.1) is 24.0 Å². The summed E-state index contributed by atoms with van der Waals surface area (Å²) in [5.41, 5.74) is 2.25. The van der Waals surface area contributed by atoms with Crippen LogP contribution in [0.25, 0.3) is 11.0 Å². The van der Waals surface area contributed by atoms with Gasteiger partial charge in [-0.3, -0.25) is 4.99 Å². The number of benzene rings is 1. The number of hydrogen-bond acceptors (Lipinski definition) is 2. The van der Waals surface area contributed by atoms with E-state index in [9.17, 15) is 0 Å². The number of fused-ring (bicyclic) bond motifs is 1. The zero-order valence-electron chi connectivity index (χ0n) is 13.5. The van der Waals surface area contributed by atoms with Crippen molar-refractivity contribution in [1.82, 2.24) is 20.2 Å². The minimum Gasteiger partial charge on any atom is -0.356 e. The summed E-state index contributed by atoms with van der Waals surface area (Å²) in [4.78, 5) is 8.64. The van der Waals surface area contributed by atoms with Gasteiger partial charge in [-0.2, -0.15) is 0 Å². The van der Waals surface area contributed by atoms with Gasteiger partial charge in [0, 0.05) is 26.2 Å².